The average Bonchev–Trinajstić information content (AvgIpc) is 3.40. The van der Waals surface area contributed by atoms with Crippen LogP contribution in [0.3, 0.4) is 0 Å². The lowest BCUT2D eigenvalue weighted by Gasteiger charge is -2.32. The number of ether oxygens (including phenoxy) is 4. The molecule has 4 rings (SSSR count). The van der Waals surface area contributed by atoms with Crippen molar-refractivity contribution in [1.82, 2.24) is 10.2 Å². The average molecular weight is 623 g/mol. The number of carbonyl (C=O) groups excluding carboxylic acids is 2. The summed E-state index contributed by atoms with van der Waals surface area (Å²) >= 11 is 0. The van der Waals surface area contributed by atoms with Gasteiger partial charge in [-0.2, -0.15) is 0 Å². The maximum atomic E-state index is 12.9. The Labute approximate surface area is 270 Å². The van der Waals surface area contributed by atoms with E-state index in [0.29, 0.717) is 38.4 Å². The van der Waals surface area contributed by atoms with Crippen LogP contribution in [0.25, 0.3) is 0 Å². The molecule has 1 N–H and O–H groups in total. The third kappa shape index (κ3) is 7.72. The van der Waals surface area contributed by atoms with Crippen LogP contribution in [0.2, 0.25) is 0 Å². The molecule has 8 heteroatoms. The highest BCUT2D eigenvalue weighted by Crippen LogP contribution is 2.60. The SMILES string of the molecule is CCOC(=O)C(C)(C)Oc1c(C)cc(CN(CCC(=O)OC(C)(C)CC)CC23CC2(C)OC(C)(c2ccc(C)cc2)N3)cc1C. The molecule has 3 unspecified atom stereocenters. The molecule has 2 aromatic carbocycles. The minimum atomic E-state index is -1.11. The largest absolute Gasteiger partial charge is 0.476 e. The molecular weight excluding hydrogens is 568 g/mol. The van der Waals surface area contributed by atoms with Crippen molar-refractivity contribution in [2.75, 3.05) is 19.7 Å². The van der Waals surface area contributed by atoms with Crippen molar-refractivity contribution in [1.29, 1.82) is 0 Å². The number of nitrogens with one attached hydrogen (secondary N) is 1. The number of rotatable bonds is 14. The van der Waals surface area contributed by atoms with Crippen LogP contribution in [0.4, 0.5) is 0 Å². The van der Waals surface area contributed by atoms with E-state index >= 15 is 0 Å². The van der Waals surface area contributed by atoms with Gasteiger partial charge in [0.25, 0.3) is 0 Å². The van der Waals surface area contributed by atoms with Crippen molar-refractivity contribution in [3.05, 3.63) is 64.2 Å². The molecule has 0 amide bonds. The van der Waals surface area contributed by atoms with Gasteiger partial charge in [0, 0.05) is 26.1 Å². The molecule has 3 atom stereocenters. The third-order valence-corrected chi connectivity index (χ3v) is 9.45. The van der Waals surface area contributed by atoms with Crippen LogP contribution in [-0.2, 0) is 36.1 Å². The molecule has 1 aliphatic carbocycles. The van der Waals surface area contributed by atoms with Crippen molar-refractivity contribution in [2.24, 2.45) is 0 Å². The van der Waals surface area contributed by atoms with Gasteiger partial charge in [-0.15, -0.1) is 0 Å². The van der Waals surface area contributed by atoms with Gasteiger partial charge >= 0.3 is 11.9 Å². The number of benzene rings is 2. The van der Waals surface area contributed by atoms with Crippen LogP contribution >= 0.6 is 0 Å². The van der Waals surface area contributed by atoms with Gasteiger partial charge in [-0.3, -0.25) is 15.0 Å². The standard InChI is InChI=1S/C37H54N2O6/c1-12-33(6,7)43-30(40)18-19-39(22-28-20-26(4)31(27(5)21-28)44-34(8,9)32(41)42-13-2)24-37-23-35(37,10)45-36(11,38-37)29-16-14-25(3)15-17-29/h14-17,20-21,38H,12-13,18-19,22-24H2,1-11H3. The molecule has 1 aliphatic heterocycles. The zero-order valence-electron chi connectivity index (χ0n) is 29.3. The lowest BCUT2D eigenvalue weighted by Crippen LogP contribution is -2.49. The van der Waals surface area contributed by atoms with E-state index in [4.69, 9.17) is 18.9 Å². The van der Waals surface area contributed by atoms with Crippen LogP contribution in [0.15, 0.2) is 36.4 Å². The molecule has 0 radical (unpaired) electrons. The summed E-state index contributed by atoms with van der Waals surface area (Å²) in [6.07, 6.45) is 1.93. The van der Waals surface area contributed by atoms with Crippen LogP contribution in [0.1, 0.15) is 102 Å². The number of nitrogens with zero attached hydrogens (tertiary/aromatic N) is 1. The third-order valence-electron chi connectivity index (χ3n) is 9.45. The number of hydrogen-bond donors (Lipinski definition) is 1. The predicted molar refractivity (Wildman–Crippen MR) is 176 cm³/mol. The normalized spacial score (nSPS) is 24.4. The molecule has 1 heterocycles. The Hall–Kier alpha value is -2.94. The van der Waals surface area contributed by atoms with Gasteiger partial charge in [-0.05, 0) is 97.9 Å². The molecule has 2 aromatic rings. The summed E-state index contributed by atoms with van der Waals surface area (Å²) in [4.78, 5) is 27.8. The van der Waals surface area contributed by atoms with Gasteiger partial charge in [0.05, 0.1) is 24.2 Å². The lowest BCUT2D eigenvalue weighted by molar-refractivity contribution is -0.159. The summed E-state index contributed by atoms with van der Waals surface area (Å²) in [5.41, 5.74) is 2.51. The molecule has 45 heavy (non-hydrogen) atoms. The van der Waals surface area contributed by atoms with Gasteiger partial charge < -0.3 is 18.9 Å². The molecule has 0 aromatic heterocycles. The minimum absolute atomic E-state index is 0.194. The second-order valence-corrected chi connectivity index (χ2v) is 14.6. The first-order chi connectivity index (χ1) is 20.9. The Morgan fingerprint density at radius 1 is 1.00 bits per heavy atom. The molecule has 2 aliphatic rings. The first-order valence-corrected chi connectivity index (χ1v) is 16.3. The summed E-state index contributed by atoms with van der Waals surface area (Å²) < 4.78 is 24.0. The Balaban J connectivity index is 1.56. The van der Waals surface area contributed by atoms with Crippen molar-refractivity contribution < 1.29 is 28.5 Å². The summed E-state index contributed by atoms with van der Waals surface area (Å²) in [6, 6.07) is 12.7. The Morgan fingerprint density at radius 3 is 2.20 bits per heavy atom. The van der Waals surface area contributed by atoms with E-state index in [2.05, 4.69) is 67.4 Å². The molecule has 2 fully saturated rings. The van der Waals surface area contributed by atoms with Gasteiger partial charge in [0.2, 0.25) is 0 Å². The number of fused-ring (bicyclic) bond motifs is 1. The quantitative estimate of drug-likeness (QED) is 0.235. The van der Waals surface area contributed by atoms with Crippen molar-refractivity contribution in [3.8, 4) is 5.75 Å². The predicted octanol–water partition coefficient (Wildman–Crippen LogP) is 6.65. The highest BCUT2D eigenvalue weighted by molar-refractivity contribution is 5.79. The number of esters is 2. The van der Waals surface area contributed by atoms with E-state index in [1.54, 1.807) is 20.8 Å². The van der Waals surface area contributed by atoms with Crippen molar-refractivity contribution >= 4 is 11.9 Å². The van der Waals surface area contributed by atoms with E-state index < -0.39 is 22.9 Å². The molecule has 1 saturated carbocycles. The van der Waals surface area contributed by atoms with E-state index in [-0.39, 0.29) is 17.1 Å². The van der Waals surface area contributed by atoms with Gasteiger partial charge in [-0.25, -0.2) is 4.79 Å². The van der Waals surface area contributed by atoms with E-state index in [0.717, 1.165) is 35.1 Å². The number of carbonyl (C=O) groups is 2. The smallest absolute Gasteiger partial charge is 0.349 e. The number of hydrogen-bond acceptors (Lipinski definition) is 8. The minimum Gasteiger partial charge on any atom is -0.476 e. The second kappa shape index (κ2) is 12.7. The van der Waals surface area contributed by atoms with Gasteiger partial charge in [0.15, 0.2) is 5.60 Å². The van der Waals surface area contributed by atoms with Crippen LogP contribution in [0, 0.1) is 20.8 Å². The van der Waals surface area contributed by atoms with Crippen molar-refractivity contribution in [3.63, 3.8) is 0 Å². The van der Waals surface area contributed by atoms with E-state index in [9.17, 15) is 9.59 Å². The first-order valence-electron chi connectivity index (χ1n) is 16.3. The van der Waals surface area contributed by atoms with E-state index in [1.807, 2.05) is 34.6 Å². The summed E-state index contributed by atoms with van der Waals surface area (Å²) in [6.45, 7) is 23.7. The van der Waals surface area contributed by atoms with Gasteiger partial charge in [0.1, 0.15) is 17.1 Å². The molecule has 1 saturated heterocycles. The Bertz CT molecular complexity index is 1380. The van der Waals surface area contributed by atoms with Crippen LogP contribution < -0.4 is 10.1 Å². The maximum absolute atomic E-state index is 12.9. The summed E-state index contributed by atoms with van der Waals surface area (Å²) in [7, 11) is 0. The van der Waals surface area contributed by atoms with Crippen molar-refractivity contribution in [2.45, 2.75) is 130 Å². The first kappa shape index (κ1) is 34.9. The Morgan fingerprint density at radius 2 is 1.62 bits per heavy atom. The highest BCUT2D eigenvalue weighted by Gasteiger charge is 2.74. The monoisotopic (exact) mass is 622 g/mol. The molecule has 8 nitrogen and oxygen atoms in total. The summed E-state index contributed by atoms with van der Waals surface area (Å²) in [5, 5.41) is 3.88. The topological polar surface area (TPSA) is 86.3 Å². The molecule has 0 spiro atoms. The highest BCUT2D eigenvalue weighted by atomic mass is 16.6. The fourth-order valence-corrected chi connectivity index (χ4v) is 6.47. The zero-order valence-corrected chi connectivity index (χ0v) is 29.3. The lowest BCUT2D eigenvalue weighted by atomic mass is 10.0. The maximum Gasteiger partial charge on any atom is 0.349 e. The second-order valence-electron chi connectivity index (χ2n) is 14.6. The fraction of sp³-hybridized carbons (Fsp3) is 0.622. The van der Waals surface area contributed by atoms with Crippen LogP contribution in [-0.4, -0.2) is 58.9 Å². The Kier molecular flexibility index (Phi) is 9.85. The summed E-state index contributed by atoms with van der Waals surface area (Å²) in [5.74, 6) is 0.0926. The molecular formula is C37H54N2O6. The van der Waals surface area contributed by atoms with Crippen LogP contribution in [0.5, 0.6) is 5.75 Å². The van der Waals surface area contributed by atoms with Gasteiger partial charge in [-0.1, -0.05) is 48.9 Å². The fourth-order valence-electron chi connectivity index (χ4n) is 6.47. The molecule has 0 bridgehead atoms. The molecule has 248 valence electrons. The van der Waals surface area contributed by atoms with E-state index in [1.165, 1.54) is 5.56 Å². The zero-order chi connectivity index (χ0) is 33.4. The number of aryl methyl sites for hydroxylation is 3.